The van der Waals surface area contributed by atoms with Gasteiger partial charge in [-0.1, -0.05) is 55.0 Å². The minimum Gasteiger partial charge on any atom is -0.476 e. The lowest BCUT2D eigenvalue weighted by Gasteiger charge is -2.37. The van der Waals surface area contributed by atoms with Gasteiger partial charge >= 0.3 is 5.97 Å². The van der Waals surface area contributed by atoms with Crippen LogP contribution in [0.5, 0.6) is 0 Å². The van der Waals surface area contributed by atoms with Crippen LogP contribution in [0.2, 0.25) is 0 Å². The normalized spacial score (nSPS) is 23.0. The number of hydrogen-bond donors (Lipinski definition) is 2. The summed E-state index contributed by atoms with van der Waals surface area (Å²) in [6.07, 6.45) is 7.78. The molecular weight excluding hydrogens is 392 g/mol. The molecule has 0 spiro atoms. The molecule has 9 heteroatoms. The zero-order chi connectivity index (χ0) is 20.5. The van der Waals surface area contributed by atoms with E-state index in [1.807, 2.05) is 36.4 Å². The quantitative estimate of drug-likeness (QED) is 0.777. The molecule has 29 heavy (non-hydrogen) atoms. The van der Waals surface area contributed by atoms with Crippen molar-refractivity contribution in [1.29, 1.82) is 0 Å². The van der Waals surface area contributed by atoms with Gasteiger partial charge in [-0.05, 0) is 30.4 Å². The summed E-state index contributed by atoms with van der Waals surface area (Å²) in [6.45, 7) is 0.848. The van der Waals surface area contributed by atoms with Gasteiger partial charge in [0, 0.05) is 13.1 Å². The van der Waals surface area contributed by atoms with E-state index in [2.05, 4.69) is 15.4 Å². The SMILES string of the molecule is O=C(O)c1n[nH]nc1C1(S(=O)(=O)N2CCCCC2)C=CC(c2ccccc2)=CC1. The maximum atomic E-state index is 13.7. The molecular formula is C20H22N4O4S. The van der Waals surface area contributed by atoms with Crippen LogP contribution >= 0.6 is 0 Å². The highest BCUT2D eigenvalue weighted by atomic mass is 32.2. The number of allylic oxidation sites excluding steroid dienone is 3. The van der Waals surface area contributed by atoms with Gasteiger partial charge in [0.05, 0.1) is 0 Å². The van der Waals surface area contributed by atoms with Gasteiger partial charge in [0.2, 0.25) is 10.0 Å². The van der Waals surface area contributed by atoms with E-state index < -0.39 is 20.7 Å². The lowest BCUT2D eigenvalue weighted by Crippen LogP contribution is -2.48. The third-order valence-corrected chi connectivity index (χ3v) is 7.99. The summed E-state index contributed by atoms with van der Waals surface area (Å²) >= 11 is 0. The first kappa shape index (κ1) is 19.5. The summed E-state index contributed by atoms with van der Waals surface area (Å²) in [7, 11) is -3.92. The Morgan fingerprint density at radius 1 is 1.10 bits per heavy atom. The molecule has 1 aliphatic carbocycles. The fourth-order valence-corrected chi connectivity index (χ4v) is 6.09. The number of aromatic nitrogens is 3. The fraction of sp³-hybridized carbons (Fsp3) is 0.350. The Balaban J connectivity index is 1.82. The van der Waals surface area contributed by atoms with Gasteiger partial charge in [-0.25, -0.2) is 17.5 Å². The summed E-state index contributed by atoms with van der Waals surface area (Å²) < 4.78 is 27.4. The summed E-state index contributed by atoms with van der Waals surface area (Å²) in [4.78, 5) is 11.7. The molecule has 0 radical (unpaired) electrons. The number of sulfonamides is 1. The molecule has 1 atom stereocenters. The van der Waals surface area contributed by atoms with Crippen LogP contribution in [0.3, 0.4) is 0 Å². The molecule has 2 heterocycles. The van der Waals surface area contributed by atoms with E-state index in [4.69, 9.17) is 0 Å². The van der Waals surface area contributed by atoms with E-state index in [0.717, 1.165) is 30.4 Å². The van der Waals surface area contributed by atoms with Gasteiger partial charge in [0.15, 0.2) is 10.4 Å². The van der Waals surface area contributed by atoms with Crippen molar-refractivity contribution in [1.82, 2.24) is 19.7 Å². The van der Waals surface area contributed by atoms with Crippen LogP contribution in [0, 0.1) is 0 Å². The van der Waals surface area contributed by atoms with Crippen molar-refractivity contribution in [2.45, 2.75) is 30.4 Å². The largest absolute Gasteiger partial charge is 0.476 e. The van der Waals surface area contributed by atoms with Crippen molar-refractivity contribution >= 4 is 21.6 Å². The third kappa shape index (κ3) is 3.30. The molecule has 152 valence electrons. The maximum Gasteiger partial charge on any atom is 0.358 e. The summed E-state index contributed by atoms with van der Waals surface area (Å²) in [5.41, 5.74) is 1.41. The van der Waals surface area contributed by atoms with Crippen LogP contribution in [0.1, 0.15) is 47.4 Å². The molecule has 1 saturated heterocycles. The maximum absolute atomic E-state index is 13.7. The molecule has 2 aliphatic rings. The molecule has 1 aromatic carbocycles. The molecule has 0 saturated carbocycles. The monoisotopic (exact) mass is 414 g/mol. The number of rotatable bonds is 5. The second-order valence-corrected chi connectivity index (χ2v) is 9.44. The summed E-state index contributed by atoms with van der Waals surface area (Å²) in [5, 5.41) is 19.5. The molecule has 2 aromatic rings. The first-order valence-corrected chi connectivity index (χ1v) is 11.0. The number of hydrogen-bond acceptors (Lipinski definition) is 5. The van der Waals surface area contributed by atoms with Crippen molar-refractivity contribution in [3.8, 4) is 0 Å². The fourth-order valence-electron chi connectivity index (χ4n) is 3.97. The first-order chi connectivity index (χ1) is 14.0. The minimum absolute atomic E-state index is 0.0739. The molecule has 1 aromatic heterocycles. The molecule has 0 bridgehead atoms. The smallest absolute Gasteiger partial charge is 0.358 e. The molecule has 0 amide bonds. The molecule has 1 fully saturated rings. The highest BCUT2D eigenvalue weighted by molar-refractivity contribution is 7.90. The molecule has 4 rings (SSSR count). The average molecular weight is 414 g/mol. The van der Waals surface area contributed by atoms with Crippen LogP contribution < -0.4 is 0 Å². The second kappa shape index (κ2) is 7.57. The Hall–Kier alpha value is -2.78. The number of benzene rings is 1. The van der Waals surface area contributed by atoms with Crippen LogP contribution in [0.15, 0.2) is 48.6 Å². The van der Waals surface area contributed by atoms with Gasteiger partial charge in [-0.15, -0.1) is 5.10 Å². The van der Waals surface area contributed by atoms with E-state index in [9.17, 15) is 18.3 Å². The zero-order valence-corrected chi connectivity index (χ0v) is 16.6. The third-order valence-electron chi connectivity index (χ3n) is 5.53. The van der Waals surface area contributed by atoms with Crippen molar-refractivity contribution in [3.63, 3.8) is 0 Å². The molecule has 1 aliphatic heterocycles. The first-order valence-electron chi connectivity index (χ1n) is 9.55. The number of nitrogens with one attached hydrogen (secondary N) is 1. The van der Waals surface area contributed by atoms with Gasteiger partial charge < -0.3 is 5.11 Å². The van der Waals surface area contributed by atoms with E-state index in [-0.39, 0.29) is 17.8 Å². The van der Waals surface area contributed by atoms with Crippen molar-refractivity contribution in [3.05, 3.63) is 65.5 Å². The van der Waals surface area contributed by atoms with E-state index in [1.165, 1.54) is 4.31 Å². The van der Waals surface area contributed by atoms with Gasteiger partial charge in [-0.3, -0.25) is 0 Å². The van der Waals surface area contributed by atoms with Gasteiger partial charge in [-0.2, -0.15) is 10.3 Å². The molecule has 1 unspecified atom stereocenters. The van der Waals surface area contributed by atoms with Crippen LogP contribution in [0.25, 0.3) is 5.57 Å². The highest BCUT2D eigenvalue weighted by Gasteiger charge is 2.51. The second-order valence-electron chi connectivity index (χ2n) is 7.24. The van der Waals surface area contributed by atoms with Crippen molar-refractivity contribution in [2.75, 3.05) is 13.1 Å². The predicted molar refractivity (Wildman–Crippen MR) is 108 cm³/mol. The molecule has 8 nitrogen and oxygen atoms in total. The van der Waals surface area contributed by atoms with E-state index in [1.54, 1.807) is 12.2 Å². The average Bonchev–Trinajstić information content (AvgIpc) is 3.26. The van der Waals surface area contributed by atoms with Gasteiger partial charge in [0.25, 0.3) is 0 Å². The minimum atomic E-state index is -3.92. The lowest BCUT2D eigenvalue weighted by molar-refractivity contribution is 0.0688. The zero-order valence-electron chi connectivity index (χ0n) is 15.8. The predicted octanol–water partition coefficient (Wildman–Crippen LogP) is 2.56. The molecule has 2 N–H and O–H groups in total. The van der Waals surface area contributed by atoms with Crippen LogP contribution in [0.4, 0.5) is 0 Å². The van der Waals surface area contributed by atoms with Gasteiger partial charge in [0.1, 0.15) is 5.69 Å². The standard InChI is InChI=1S/C20H22N4O4S/c25-19(26)17-18(22-23-21-17)20(29(27,28)24-13-5-2-6-14-24)11-9-16(10-12-20)15-7-3-1-4-8-15/h1,3-4,7-11H,2,5-6,12-14H2,(H,25,26)(H,21,22,23). The van der Waals surface area contributed by atoms with Crippen LogP contribution in [-0.2, 0) is 14.8 Å². The van der Waals surface area contributed by atoms with Crippen molar-refractivity contribution < 1.29 is 18.3 Å². The Bertz CT molecular complexity index is 1070. The summed E-state index contributed by atoms with van der Waals surface area (Å²) in [6, 6.07) is 9.63. The number of piperidine rings is 1. The number of nitrogens with zero attached hydrogens (tertiary/aromatic N) is 3. The van der Waals surface area contributed by atoms with Crippen LogP contribution in [-0.4, -0.2) is 52.3 Å². The highest BCUT2D eigenvalue weighted by Crippen LogP contribution is 2.43. The number of aromatic amines is 1. The van der Waals surface area contributed by atoms with Crippen molar-refractivity contribution in [2.24, 2.45) is 0 Å². The Morgan fingerprint density at radius 3 is 2.45 bits per heavy atom. The Kier molecular flexibility index (Phi) is 5.10. The van der Waals surface area contributed by atoms with E-state index >= 15 is 0 Å². The van der Waals surface area contributed by atoms with E-state index in [0.29, 0.717) is 13.1 Å². The number of aromatic carboxylic acids is 1. The lowest BCUT2D eigenvalue weighted by atomic mass is 9.89. The summed E-state index contributed by atoms with van der Waals surface area (Å²) in [5.74, 6) is -1.31. The Morgan fingerprint density at radius 2 is 1.83 bits per heavy atom. The Labute approximate surface area is 169 Å². The number of carboxylic acids is 1. The number of carbonyl (C=O) groups is 1. The topological polar surface area (TPSA) is 116 Å². The number of carboxylic acid groups (broad SMARTS) is 1. The number of H-pyrrole nitrogens is 1.